The highest BCUT2D eigenvalue weighted by Gasteiger charge is 2.41. The third kappa shape index (κ3) is 7.01. The number of aliphatic hydroxyl groups is 2. The largest absolute Gasteiger partial charge is 0.388 e. The van der Waals surface area contributed by atoms with Crippen molar-refractivity contribution in [2.75, 3.05) is 19.6 Å². The second-order valence-corrected chi connectivity index (χ2v) is 13.6. The molecule has 0 radical (unpaired) electrons. The molecule has 3 aromatic rings. The molecule has 1 heterocycles. The predicted molar refractivity (Wildman–Crippen MR) is 163 cm³/mol. The minimum absolute atomic E-state index is 0.0815. The molecule has 1 fully saturated rings. The molecule has 2 N–H and O–H groups in total. The Kier molecular flexibility index (Phi) is 9.05. The highest BCUT2D eigenvalue weighted by atomic mass is 16.3. The Bertz CT molecular complexity index is 1160. The van der Waals surface area contributed by atoms with Gasteiger partial charge in [-0.2, -0.15) is 0 Å². The lowest BCUT2D eigenvalue weighted by atomic mass is 9.71. The summed E-state index contributed by atoms with van der Waals surface area (Å²) in [5.74, 6) is 0.156. The third-order valence-corrected chi connectivity index (χ3v) is 8.70. The molecule has 2 atom stereocenters. The maximum atomic E-state index is 12.4. The summed E-state index contributed by atoms with van der Waals surface area (Å²) < 4.78 is 0. The number of hydrogen-bond acceptors (Lipinski definition) is 3. The number of rotatable bonds is 8. The molecule has 4 rings (SSSR count). The van der Waals surface area contributed by atoms with Crippen molar-refractivity contribution in [3.05, 3.63) is 107 Å². The van der Waals surface area contributed by atoms with Gasteiger partial charge in [0.2, 0.25) is 0 Å². The Morgan fingerprint density at radius 1 is 0.692 bits per heavy atom. The molecular formula is C36H49NO2. The van der Waals surface area contributed by atoms with E-state index in [0.717, 1.165) is 62.0 Å². The number of likely N-dealkylation sites (tertiary alicyclic amines) is 1. The van der Waals surface area contributed by atoms with Crippen LogP contribution in [0.5, 0.6) is 0 Å². The zero-order valence-corrected chi connectivity index (χ0v) is 25.0. The topological polar surface area (TPSA) is 43.7 Å². The number of nitrogens with zero attached hydrogens (tertiary/aromatic N) is 1. The average Bonchev–Trinajstić information content (AvgIpc) is 2.92. The van der Waals surface area contributed by atoms with Gasteiger partial charge >= 0.3 is 0 Å². The number of benzene rings is 3. The standard InChI is InChI=1S/C36H49NO2/c1-34(2,3)28-16-14-27(15-17-28)33(38)13-10-24-37-25-22-32(23-26-37)36(39,30-11-8-7-9-12-30)31-20-18-29(19-21-31)35(4,5)6/h7-9,11-12,14-21,32-33,38-39H,10,13,22-26H2,1-6H3. The number of aliphatic hydroxyl groups excluding tert-OH is 1. The lowest BCUT2D eigenvalue weighted by Crippen LogP contribution is -2.44. The average molecular weight is 528 g/mol. The Labute approximate surface area is 236 Å². The highest BCUT2D eigenvalue weighted by molar-refractivity contribution is 5.39. The molecule has 1 saturated heterocycles. The maximum Gasteiger partial charge on any atom is 0.117 e. The summed E-state index contributed by atoms with van der Waals surface area (Å²) >= 11 is 0. The minimum atomic E-state index is -1.00. The Balaban J connectivity index is 1.37. The van der Waals surface area contributed by atoms with Gasteiger partial charge in [-0.3, -0.25) is 0 Å². The van der Waals surface area contributed by atoms with Crippen LogP contribution in [0.25, 0.3) is 0 Å². The van der Waals surface area contributed by atoms with Gasteiger partial charge < -0.3 is 15.1 Å². The predicted octanol–water partition coefficient (Wildman–Crippen LogP) is 7.74. The zero-order valence-electron chi connectivity index (χ0n) is 25.0. The van der Waals surface area contributed by atoms with Crippen molar-refractivity contribution in [3.8, 4) is 0 Å². The molecule has 3 heteroatoms. The fraction of sp³-hybridized carbons (Fsp3) is 0.500. The van der Waals surface area contributed by atoms with Crippen molar-refractivity contribution < 1.29 is 10.2 Å². The fourth-order valence-electron chi connectivity index (χ4n) is 6.01. The molecule has 0 aliphatic carbocycles. The second kappa shape index (κ2) is 12.0. The summed E-state index contributed by atoms with van der Waals surface area (Å²) in [7, 11) is 0. The molecule has 1 aliphatic heterocycles. The van der Waals surface area contributed by atoms with E-state index in [9.17, 15) is 10.2 Å². The normalized spacial score (nSPS) is 18.1. The van der Waals surface area contributed by atoms with Crippen molar-refractivity contribution in [2.45, 2.75) is 89.8 Å². The smallest absolute Gasteiger partial charge is 0.117 e. The van der Waals surface area contributed by atoms with Crippen LogP contribution in [0.1, 0.15) is 101 Å². The van der Waals surface area contributed by atoms with Gasteiger partial charge in [0.15, 0.2) is 0 Å². The van der Waals surface area contributed by atoms with Crippen LogP contribution in [-0.2, 0) is 16.4 Å². The molecule has 0 spiro atoms. The Morgan fingerprint density at radius 3 is 1.67 bits per heavy atom. The lowest BCUT2D eigenvalue weighted by molar-refractivity contribution is -0.0146. The molecular weight excluding hydrogens is 478 g/mol. The van der Waals surface area contributed by atoms with E-state index in [1.165, 1.54) is 11.1 Å². The van der Waals surface area contributed by atoms with Crippen LogP contribution in [0.2, 0.25) is 0 Å². The van der Waals surface area contributed by atoms with Crippen molar-refractivity contribution in [3.63, 3.8) is 0 Å². The van der Waals surface area contributed by atoms with Crippen LogP contribution >= 0.6 is 0 Å². The molecule has 1 aliphatic rings. The minimum Gasteiger partial charge on any atom is -0.388 e. The van der Waals surface area contributed by atoms with E-state index in [4.69, 9.17) is 0 Å². The van der Waals surface area contributed by atoms with Crippen molar-refractivity contribution >= 4 is 0 Å². The molecule has 210 valence electrons. The molecule has 0 aromatic heterocycles. The van der Waals surface area contributed by atoms with Crippen LogP contribution in [0.4, 0.5) is 0 Å². The number of piperidine rings is 1. The van der Waals surface area contributed by atoms with E-state index < -0.39 is 11.7 Å². The van der Waals surface area contributed by atoms with Crippen molar-refractivity contribution in [1.82, 2.24) is 4.90 Å². The van der Waals surface area contributed by atoms with Gasteiger partial charge in [0.1, 0.15) is 5.60 Å². The lowest BCUT2D eigenvalue weighted by Gasteiger charge is -2.42. The highest BCUT2D eigenvalue weighted by Crippen LogP contribution is 2.42. The first kappa shape index (κ1) is 29.5. The van der Waals surface area contributed by atoms with E-state index in [0.29, 0.717) is 0 Å². The van der Waals surface area contributed by atoms with Crippen LogP contribution in [0.3, 0.4) is 0 Å². The van der Waals surface area contributed by atoms with Crippen molar-refractivity contribution in [1.29, 1.82) is 0 Å². The summed E-state index contributed by atoms with van der Waals surface area (Å²) in [6, 6.07) is 27.3. The fourth-order valence-corrected chi connectivity index (χ4v) is 6.01. The van der Waals surface area contributed by atoms with Gasteiger partial charge in [-0.05, 0) is 89.9 Å². The third-order valence-electron chi connectivity index (χ3n) is 8.70. The zero-order chi connectivity index (χ0) is 28.3. The summed E-state index contributed by atoms with van der Waals surface area (Å²) in [5.41, 5.74) is 4.75. The van der Waals surface area contributed by atoms with E-state index in [2.05, 4.69) is 107 Å². The monoisotopic (exact) mass is 527 g/mol. The first-order chi connectivity index (χ1) is 18.4. The quantitative estimate of drug-likeness (QED) is 0.315. The van der Waals surface area contributed by atoms with E-state index >= 15 is 0 Å². The molecule has 0 saturated carbocycles. The summed E-state index contributed by atoms with van der Waals surface area (Å²) in [5, 5.41) is 23.1. The summed E-state index contributed by atoms with van der Waals surface area (Å²) in [4.78, 5) is 2.50. The SMILES string of the molecule is CC(C)(C)c1ccc(C(O)CCCN2CCC(C(O)(c3ccccc3)c3ccc(C(C)(C)C)cc3)CC2)cc1. The first-order valence-corrected chi connectivity index (χ1v) is 14.8. The van der Waals surface area contributed by atoms with Crippen LogP contribution in [0.15, 0.2) is 78.9 Å². The molecule has 2 unspecified atom stereocenters. The second-order valence-electron chi connectivity index (χ2n) is 13.6. The van der Waals surface area contributed by atoms with Gasteiger partial charge in [-0.1, -0.05) is 120 Å². The maximum absolute atomic E-state index is 12.4. The molecule has 0 amide bonds. The van der Waals surface area contributed by atoms with E-state index in [1.54, 1.807) is 0 Å². The molecule has 3 nitrogen and oxygen atoms in total. The van der Waals surface area contributed by atoms with E-state index in [-0.39, 0.29) is 16.7 Å². The van der Waals surface area contributed by atoms with Gasteiger partial charge in [0, 0.05) is 0 Å². The van der Waals surface area contributed by atoms with Gasteiger partial charge in [-0.15, -0.1) is 0 Å². The van der Waals surface area contributed by atoms with Crippen LogP contribution in [-0.4, -0.2) is 34.7 Å². The van der Waals surface area contributed by atoms with Crippen molar-refractivity contribution in [2.24, 2.45) is 5.92 Å². The number of hydrogen-bond donors (Lipinski definition) is 2. The van der Waals surface area contributed by atoms with Crippen LogP contribution < -0.4 is 0 Å². The summed E-state index contributed by atoms with van der Waals surface area (Å²) in [6.07, 6.45) is 3.20. The van der Waals surface area contributed by atoms with Gasteiger partial charge in [-0.25, -0.2) is 0 Å². The molecule has 39 heavy (non-hydrogen) atoms. The first-order valence-electron chi connectivity index (χ1n) is 14.8. The Morgan fingerprint density at radius 2 is 1.15 bits per heavy atom. The summed E-state index contributed by atoms with van der Waals surface area (Å²) in [6.45, 7) is 16.2. The van der Waals surface area contributed by atoms with E-state index in [1.807, 2.05) is 18.2 Å². The van der Waals surface area contributed by atoms with Gasteiger partial charge in [0.25, 0.3) is 0 Å². The molecule has 3 aromatic carbocycles. The van der Waals surface area contributed by atoms with Crippen LogP contribution in [0, 0.1) is 5.92 Å². The Hall–Kier alpha value is -2.46. The van der Waals surface area contributed by atoms with Gasteiger partial charge in [0.05, 0.1) is 6.10 Å². The molecule has 0 bridgehead atoms.